The van der Waals surface area contributed by atoms with Crippen molar-refractivity contribution >= 4 is 11.6 Å². The van der Waals surface area contributed by atoms with E-state index in [1.807, 2.05) is 65.8 Å². The van der Waals surface area contributed by atoms with Gasteiger partial charge in [0.15, 0.2) is 0 Å². The third-order valence-electron chi connectivity index (χ3n) is 4.73. The van der Waals surface area contributed by atoms with Crippen LogP contribution in [0.25, 0.3) is 0 Å². The number of aromatic nitrogens is 1. The highest BCUT2D eigenvalue weighted by Crippen LogP contribution is 2.30. The van der Waals surface area contributed by atoms with Crippen LogP contribution < -0.4 is 4.90 Å². The minimum absolute atomic E-state index is 0.0291. The number of fused-ring (bicyclic) bond motifs is 1. The maximum atomic E-state index is 13.0. The molecule has 0 aliphatic carbocycles. The molecule has 0 bridgehead atoms. The summed E-state index contributed by atoms with van der Waals surface area (Å²) in [4.78, 5) is 14.9. The molecule has 3 aromatic rings. The first kappa shape index (κ1) is 14.8. The van der Waals surface area contributed by atoms with E-state index >= 15 is 0 Å². The lowest BCUT2D eigenvalue weighted by molar-refractivity contribution is -0.119. The molecule has 0 radical (unpaired) electrons. The molecule has 4 rings (SSSR count). The maximum Gasteiger partial charge on any atom is 0.229 e. The molecule has 0 unspecified atom stereocenters. The predicted molar refractivity (Wildman–Crippen MR) is 96.1 cm³/mol. The average molecular weight is 316 g/mol. The number of para-hydroxylation sites is 1. The van der Waals surface area contributed by atoms with E-state index in [2.05, 4.69) is 22.8 Å². The van der Waals surface area contributed by atoms with Gasteiger partial charge in [-0.15, -0.1) is 0 Å². The van der Waals surface area contributed by atoms with Gasteiger partial charge in [0, 0.05) is 24.6 Å². The molecule has 2 aromatic carbocycles. The summed E-state index contributed by atoms with van der Waals surface area (Å²) in [5, 5.41) is 0. The quantitative estimate of drug-likeness (QED) is 0.712. The third kappa shape index (κ3) is 2.73. The summed E-state index contributed by atoms with van der Waals surface area (Å²) in [6, 6.07) is 22.5. The van der Waals surface area contributed by atoms with Crippen molar-refractivity contribution in [2.75, 3.05) is 11.4 Å². The fourth-order valence-electron chi connectivity index (χ4n) is 3.50. The van der Waals surface area contributed by atoms with Crippen LogP contribution in [-0.4, -0.2) is 17.0 Å². The smallest absolute Gasteiger partial charge is 0.229 e. The van der Waals surface area contributed by atoms with Crippen LogP contribution in [0.1, 0.15) is 23.6 Å². The van der Waals surface area contributed by atoms with Gasteiger partial charge in [0.25, 0.3) is 0 Å². The molecular formula is C21H20N2O. The number of carbonyl (C=O) groups is 1. The molecule has 1 aliphatic heterocycles. The van der Waals surface area contributed by atoms with Gasteiger partial charge in [-0.25, -0.2) is 0 Å². The van der Waals surface area contributed by atoms with Gasteiger partial charge in [-0.05, 0) is 35.7 Å². The second kappa shape index (κ2) is 6.36. The van der Waals surface area contributed by atoms with Gasteiger partial charge in [0.05, 0.1) is 12.5 Å². The van der Waals surface area contributed by atoms with E-state index in [0.717, 1.165) is 24.2 Å². The second-order valence-corrected chi connectivity index (χ2v) is 6.18. The number of hydrogen-bond acceptors (Lipinski definition) is 1. The number of nitrogens with zero attached hydrogens (tertiary/aromatic N) is 2. The summed E-state index contributed by atoms with van der Waals surface area (Å²) in [5.74, 6) is 0.183. The third-order valence-corrected chi connectivity index (χ3v) is 4.73. The Balaban J connectivity index is 1.61. The molecule has 0 N–H and O–H groups in total. The first-order chi connectivity index (χ1) is 11.8. The zero-order valence-corrected chi connectivity index (χ0v) is 13.5. The first-order valence-corrected chi connectivity index (χ1v) is 8.38. The van der Waals surface area contributed by atoms with Crippen molar-refractivity contribution in [2.45, 2.75) is 18.9 Å². The van der Waals surface area contributed by atoms with Crippen LogP contribution in [0.4, 0.5) is 5.69 Å². The highest BCUT2D eigenvalue weighted by atomic mass is 16.2. The van der Waals surface area contributed by atoms with Gasteiger partial charge in [-0.2, -0.15) is 0 Å². The molecule has 0 saturated carbocycles. The number of hydrogen-bond donors (Lipinski definition) is 0. The largest absolute Gasteiger partial charge is 0.346 e. The van der Waals surface area contributed by atoms with Crippen molar-refractivity contribution in [2.24, 2.45) is 0 Å². The van der Waals surface area contributed by atoms with Crippen LogP contribution in [-0.2, 0) is 11.2 Å². The van der Waals surface area contributed by atoms with Crippen LogP contribution in [0, 0.1) is 0 Å². The standard InChI is InChI=1S/C21H20N2O/c24-21(23-15-12-18-10-4-5-11-19(18)23)16-20(22-13-6-7-14-22)17-8-2-1-3-9-17/h1-11,13-14,20H,12,15-16H2/t20-/m0/s1. The van der Waals surface area contributed by atoms with Crippen molar-refractivity contribution < 1.29 is 4.79 Å². The van der Waals surface area contributed by atoms with Crippen LogP contribution in [0.3, 0.4) is 0 Å². The van der Waals surface area contributed by atoms with Gasteiger partial charge in [-0.1, -0.05) is 48.5 Å². The Hall–Kier alpha value is -2.81. The van der Waals surface area contributed by atoms with E-state index in [1.54, 1.807) is 0 Å². The maximum absolute atomic E-state index is 13.0. The Bertz CT molecular complexity index is 824. The van der Waals surface area contributed by atoms with Gasteiger partial charge in [0.2, 0.25) is 5.91 Å². The molecule has 3 heteroatoms. The Morgan fingerprint density at radius 2 is 1.62 bits per heavy atom. The normalized spacial score (nSPS) is 14.4. The molecule has 120 valence electrons. The fourth-order valence-corrected chi connectivity index (χ4v) is 3.50. The van der Waals surface area contributed by atoms with Gasteiger partial charge < -0.3 is 9.47 Å². The summed E-state index contributed by atoms with van der Waals surface area (Å²) in [7, 11) is 0. The van der Waals surface area contributed by atoms with Crippen LogP contribution in [0.15, 0.2) is 79.1 Å². The molecule has 1 atom stereocenters. The molecule has 0 spiro atoms. The summed E-state index contributed by atoms with van der Waals surface area (Å²) in [6.07, 6.45) is 5.47. The fraction of sp³-hybridized carbons (Fsp3) is 0.190. The molecule has 0 saturated heterocycles. The molecule has 0 fully saturated rings. The zero-order chi connectivity index (χ0) is 16.4. The van der Waals surface area contributed by atoms with E-state index in [-0.39, 0.29) is 11.9 Å². The molecule has 1 aromatic heterocycles. The molecule has 1 amide bonds. The predicted octanol–water partition coefficient (Wildman–Crippen LogP) is 4.06. The molecule has 24 heavy (non-hydrogen) atoms. The van der Waals surface area contributed by atoms with E-state index in [1.165, 1.54) is 5.56 Å². The zero-order valence-electron chi connectivity index (χ0n) is 13.5. The Morgan fingerprint density at radius 1 is 0.917 bits per heavy atom. The van der Waals surface area contributed by atoms with Crippen molar-refractivity contribution in [1.29, 1.82) is 0 Å². The minimum atomic E-state index is 0.0291. The van der Waals surface area contributed by atoms with Gasteiger partial charge >= 0.3 is 0 Å². The van der Waals surface area contributed by atoms with E-state index < -0.39 is 0 Å². The monoisotopic (exact) mass is 316 g/mol. The molecule has 2 heterocycles. The molecule has 1 aliphatic rings. The summed E-state index contributed by atoms with van der Waals surface area (Å²) in [6.45, 7) is 0.783. The number of benzene rings is 2. The van der Waals surface area contributed by atoms with Gasteiger partial charge in [0.1, 0.15) is 0 Å². The molecular weight excluding hydrogens is 296 g/mol. The Morgan fingerprint density at radius 3 is 2.42 bits per heavy atom. The van der Waals surface area contributed by atoms with Crippen molar-refractivity contribution in [3.8, 4) is 0 Å². The average Bonchev–Trinajstić information content (AvgIpc) is 3.30. The Kier molecular flexibility index (Phi) is 3.91. The van der Waals surface area contributed by atoms with Crippen molar-refractivity contribution in [3.05, 3.63) is 90.3 Å². The summed E-state index contributed by atoms with van der Waals surface area (Å²) in [5.41, 5.74) is 3.50. The van der Waals surface area contributed by atoms with E-state index in [9.17, 15) is 4.79 Å². The van der Waals surface area contributed by atoms with Crippen molar-refractivity contribution in [1.82, 2.24) is 4.57 Å². The van der Waals surface area contributed by atoms with E-state index in [0.29, 0.717) is 6.42 Å². The number of anilines is 1. The van der Waals surface area contributed by atoms with Gasteiger partial charge in [-0.3, -0.25) is 4.79 Å². The number of carbonyl (C=O) groups excluding carboxylic acids is 1. The topological polar surface area (TPSA) is 25.2 Å². The van der Waals surface area contributed by atoms with Crippen LogP contribution >= 0.6 is 0 Å². The first-order valence-electron chi connectivity index (χ1n) is 8.38. The van der Waals surface area contributed by atoms with Crippen molar-refractivity contribution in [3.63, 3.8) is 0 Å². The lowest BCUT2D eigenvalue weighted by atomic mass is 10.0. The second-order valence-electron chi connectivity index (χ2n) is 6.18. The SMILES string of the molecule is O=C(C[C@@H](c1ccccc1)n1cccc1)N1CCc2ccccc21. The van der Waals surface area contributed by atoms with Crippen LogP contribution in [0.2, 0.25) is 0 Å². The lowest BCUT2D eigenvalue weighted by Crippen LogP contribution is -2.31. The molecule has 3 nitrogen and oxygen atoms in total. The number of amides is 1. The number of rotatable bonds is 4. The summed E-state index contributed by atoms with van der Waals surface area (Å²) < 4.78 is 2.12. The minimum Gasteiger partial charge on any atom is -0.346 e. The van der Waals surface area contributed by atoms with E-state index in [4.69, 9.17) is 0 Å². The highest BCUT2D eigenvalue weighted by Gasteiger charge is 2.27. The summed E-state index contributed by atoms with van der Waals surface area (Å²) >= 11 is 0. The Labute approximate surface area is 142 Å². The highest BCUT2D eigenvalue weighted by molar-refractivity contribution is 5.95. The lowest BCUT2D eigenvalue weighted by Gasteiger charge is -2.23. The van der Waals surface area contributed by atoms with Crippen LogP contribution in [0.5, 0.6) is 0 Å².